The lowest BCUT2D eigenvalue weighted by atomic mass is 10.1. The third kappa shape index (κ3) is 4.28. The molecule has 0 atom stereocenters. The Morgan fingerprint density at radius 1 is 1.37 bits per heavy atom. The molecule has 1 aromatic carbocycles. The summed E-state index contributed by atoms with van der Waals surface area (Å²) in [7, 11) is 0. The number of nitrogens with zero attached hydrogens (tertiary/aromatic N) is 1. The normalized spacial score (nSPS) is 10.8. The lowest BCUT2D eigenvalue weighted by molar-refractivity contribution is 0.0622. The van der Waals surface area contributed by atoms with Crippen LogP contribution in [0.4, 0.5) is 4.39 Å². The molecule has 106 valence electrons. The number of aliphatic hydroxyl groups is 1. The van der Waals surface area contributed by atoms with Crippen LogP contribution in [0, 0.1) is 5.82 Å². The van der Waals surface area contributed by atoms with Gasteiger partial charge in [0.25, 0.3) is 5.91 Å². The zero-order valence-electron chi connectivity index (χ0n) is 11.2. The molecule has 0 radical (unpaired) electrons. The van der Waals surface area contributed by atoms with Gasteiger partial charge in [0.15, 0.2) is 0 Å². The van der Waals surface area contributed by atoms with E-state index in [2.05, 4.69) is 15.9 Å². The Hall–Kier alpha value is -0.940. The Morgan fingerprint density at radius 2 is 2.00 bits per heavy atom. The van der Waals surface area contributed by atoms with Gasteiger partial charge in [-0.2, -0.15) is 0 Å². The largest absolute Gasteiger partial charge is 0.395 e. The molecule has 0 bridgehead atoms. The van der Waals surface area contributed by atoms with Gasteiger partial charge in [-0.1, -0.05) is 29.8 Å². The van der Waals surface area contributed by atoms with Crippen molar-refractivity contribution < 1.29 is 14.3 Å². The Morgan fingerprint density at radius 3 is 2.47 bits per heavy atom. The molecular weight excluding hydrogens is 313 g/mol. The maximum Gasteiger partial charge on any atom is 0.254 e. The van der Waals surface area contributed by atoms with Crippen LogP contribution in [-0.2, 0) is 0 Å². The summed E-state index contributed by atoms with van der Waals surface area (Å²) in [5.74, 6) is -0.700. The highest BCUT2D eigenvalue weighted by Crippen LogP contribution is 2.19. The number of amides is 1. The predicted molar refractivity (Wildman–Crippen MR) is 76.6 cm³/mol. The summed E-state index contributed by atoms with van der Waals surface area (Å²) >= 11 is 3.18. The van der Waals surface area contributed by atoms with Gasteiger partial charge in [0.05, 0.1) is 6.61 Å². The van der Waals surface area contributed by atoms with Gasteiger partial charge in [-0.05, 0) is 31.0 Å². The highest BCUT2D eigenvalue weighted by molar-refractivity contribution is 9.10. The molecular formula is C14H19BrFNO2. The molecule has 0 saturated carbocycles. The number of halogens is 2. The van der Waals surface area contributed by atoms with Crippen molar-refractivity contribution in [3.05, 3.63) is 34.1 Å². The minimum atomic E-state index is -0.453. The molecule has 1 amide bonds. The van der Waals surface area contributed by atoms with E-state index in [-0.39, 0.29) is 25.1 Å². The molecule has 0 aromatic heterocycles. The zero-order chi connectivity index (χ0) is 14.4. The van der Waals surface area contributed by atoms with Crippen molar-refractivity contribution >= 4 is 21.8 Å². The highest BCUT2D eigenvalue weighted by Gasteiger charge is 2.22. The summed E-state index contributed by atoms with van der Waals surface area (Å²) in [4.78, 5) is 14.0. The third-order valence-electron chi connectivity index (χ3n) is 3.09. The lowest BCUT2D eigenvalue weighted by Gasteiger charge is -2.30. The molecule has 0 unspecified atom stereocenters. The molecule has 3 nitrogen and oxygen atoms in total. The van der Waals surface area contributed by atoms with Gasteiger partial charge in [-0.3, -0.25) is 4.79 Å². The van der Waals surface area contributed by atoms with Crippen molar-refractivity contribution in [1.82, 2.24) is 4.90 Å². The van der Waals surface area contributed by atoms with E-state index in [0.717, 1.165) is 12.8 Å². The van der Waals surface area contributed by atoms with E-state index in [1.807, 2.05) is 13.8 Å². The first-order valence-corrected chi connectivity index (χ1v) is 7.20. The fraction of sp³-hybridized carbons (Fsp3) is 0.500. The fourth-order valence-electron chi connectivity index (χ4n) is 2.13. The van der Waals surface area contributed by atoms with Crippen molar-refractivity contribution in [2.45, 2.75) is 32.7 Å². The molecule has 5 heteroatoms. The molecule has 0 spiro atoms. The van der Waals surface area contributed by atoms with E-state index in [4.69, 9.17) is 5.11 Å². The second-order valence-electron chi connectivity index (χ2n) is 4.35. The number of aliphatic hydroxyl groups excluding tert-OH is 1. The van der Waals surface area contributed by atoms with E-state index >= 15 is 0 Å². The Balaban J connectivity index is 3.04. The quantitative estimate of drug-likeness (QED) is 0.869. The van der Waals surface area contributed by atoms with E-state index < -0.39 is 5.82 Å². The SMILES string of the molecule is CCC(CC)N(CCO)C(=O)c1cc(F)cc(Br)c1. The molecule has 0 aliphatic carbocycles. The molecule has 1 aromatic rings. The van der Waals surface area contributed by atoms with E-state index in [1.165, 1.54) is 12.1 Å². The number of carbonyl (C=O) groups is 1. The van der Waals surface area contributed by atoms with Crippen LogP contribution < -0.4 is 0 Å². The van der Waals surface area contributed by atoms with Crippen LogP contribution >= 0.6 is 15.9 Å². The van der Waals surface area contributed by atoms with Crippen molar-refractivity contribution in [2.24, 2.45) is 0 Å². The van der Waals surface area contributed by atoms with E-state index in [9.17, 15) is 9.18 Å². The van der Waals surface area contributed by atoms with Gasteiger partial charge >= 0.3 is 0 Å². The number of rotatable bonds is 6. The first-order chi connectivity index (χ1) is 9.03. The highest BCUT2D eigenvalue weighted by atomic mass is 79.9. The molecule has 1 rings (SSSR count). The average molecular weight is 332 g/mol. The summed E-state index contributed by atoms with van der Waals surface area (Å²) in [6.45, 7) is 4.15. The minimum Gasteiger partial charge on any atom is -0.395 e. The topological polar surface area (TPSA) is 40.5 Å². The Bertz CT molecular complexity index is 415. The van der Waals surface area contributed by atoms with Gasteiger partial charge < -0.3 is 10.0 Å². The molecule has 0 heterocycles. The Kier molecular flexibility index (Phi) is 6.45. The van der Waals surface area contributed by atoms with Gasteiger partial charge in [0, 0.05) is 22.6 Å². The molecule has 0 aliphatic heterocycles. The van der Waals surface area contributed by atoms with Crippen molar-refractivity contribution in [3.8, 4) is 0 Å². The summed E-state index contributed by atoms with van der Waals surface area (Å²) < 4.78 is 13.9. The standard InChI is InChI=1S/C14H19BrFNO2/c1-3-13(4-2)17(5-6-18)14(19)10-7-11(15)9-12(16)8-10/h7-9,13,18H,3-6H2,1-2H3. The third-order valence-corrected chi connectivity index (χ3v) is 3.55. The van der Waals surface area contributed by atoms with Crippen molar-refractivity contribution in [3.63, 3.8) is 0 Å². The number of carbonyl (C=O) groups excluding carboxylic acids is 1. The summed E-state index contributed by atoms with van der Waals surface area (Å²) in [6, 6.07) is 4.18. The van der Waals surface area contributed by atoms with Gasteiger partial charge in [0.2, 0.25) is 0 Å². The molecule has 1 N–H and O–H groups in total. The van der Waals surface area contributed by atoms with Crippen molar-refractivity contribution in [2.75, 3.05) is 13.2 Å². The van der Waals surface area contributed by atoms with Crippen LogP contribution in [0.3, 0.4) is 0 Å². The molecule has 0 saturated heterocycles. The maximum absolute atomic E-state index is 13.4. The van der Waals surface area contributed by atoms with Crippen LogP contribution in [0.15, 0.2) is 22.7 Å². The first kappa shape index (κ1) is 16.1. The van der Waals surface area contributed by atoms with Crippen LogP contribution in [0.25, 0.3) is 0 Å². The van der Waals surface area contributed by atoms with Crippen LogP contribution in [-0.4, -0.2) is 35.1 Å². The monoisotopic (exact) mass is 331 g/mol. The number of hydrogen-bond acceptors (Lipinski definition) is 2. The predicted octanol–water partition coefficient (Wildman–Crippen LogP) is 3.21. The van der Waals surface area contributed by atoms with Crippen LogP contribution in [0.5, 0.6) is 0 Å². The first-order valence-electron chi connectivity index (χ1n) is 6.41. The lowest BCUT2D eigenvalue weighted by Crippen LogP contribution is -2.41. The van der Waals surface area contributed by atoms with Gasteiger partial charge in [-0.25, -0.2) is 4.39 Å². The van der Waals surface area contributed by atoms with Crippen molar-refractivity contribution in [1.29, 1.82) is 0 Å². The molecule has 0 fully saturated rings. The summed E-state index contributed by atoms with van der Waals surface area (Å²) in [5, 5.41) is 9.10. The second-order valence-corrected chi connectivity index (χ2v) is 5.27. The van der Waals surface area contributed by atoms with E-state index in [1.54, 1.807) is 11.0 Å². The smallest absolute Gasteiger partial charge is 0.254 e. The summed E-state index contributed by atoms with van der Waals surface area (Å²) in [5.41, 5.74) is 0.298. The average Bonchev–Trinajstić information content (AvgIpc) is 2.37. The van der Waals surface area contributed by atoms with Crippen LogP contribution in [0.2, 0.25) is 0 Å². The van der Waals surface area contributed by atoms with Crippen LogP contribution in [0.1, 0.15) is 37.0 Å². The fourth-order valence-corrected chi connectivity index (χ4v) is 2.60. The second kappa shape index (κ2) is 7.60. The maximum atomic E-state index is 13.4. The van der Waals surface area contributed by atoms with Gasteiger partial charge in [0.1, 0.15) is 5.82 Å². The minimum absolute atomic E-state index is 0.0571. The van der Waals surface area contributed by atoms with E-state index in [0.29, 0.717) is 10.0 Å². The molecule has 19 heavy (non-hydrogen) atoms. The number of hydrogen-bond donors (Lipinski definition) is 1. The summed E-state index contributed by atoms with van der Waals surface area (Å²) in [6.07, 6.45) is 1.61. The zero-order valence-corrected chi connectivity index (χ0v) is 12.8. The molecule has 0 aliphatic rings. The Labute approximate surface area is 121 Å². The number of benzene rings is 1. The van der Waals surface area contributed by atoms with Gasteiger partial charge in [-0.15, -0.1) is 0 Å².